The van der Waals surface area contributed by atoms with E-state index >= 15 is 0 Å². The Bertz CT molecular complexity index is 660. The standard InChI is InChI=1S/C20H27NOSSi/c1-7-9-18(16-17-10-12-19(22-3)13-11-17)20(23)21(2)14-8-15-24(4,5)6/h7,9-13H,1,14,16H2,2-6H3/b18-9+. The number of hydrogen-bond donors (Lipinski definition) is 0. The second-order valence-electron chi connectivity index (χ2n) is 6.67. The van der Waals surface area contributed by atoms with Gasteiger partial charge in [0, 0.05) is 13.5 Å². The Hall–Kier alpha value is -1.83. The van der Waals surface area contributed by atoms with E-state index in [1.54, 1.807) is 13.2 Å². The molecule has 0 aliphatic rings. The summed E-state index contributed by atoms with van der Waals surface area (Å²) in [7, 11) is 2.32. The van der Waals surface area contributed by atoms with Gasteiger partial charge in [-0.15, -0.1) is 5.54 Å². The zero-order valence-electron chi connectivity index (χ0n) is 15.3. The lowest BCUT2D eigenvalue weighted by Crippen LogP contribution is -2.28. The average Bonchev–Trinajstić information content (AvgIpc) is 2.53. The number of rotatable bonds is 6. The Morgan fingerprint density at radius 3 is 2.42 bits per heavy atom. The number of thiocarbonyl (C=S) groups is 1. The van der Waals surface area contributed by atoms with Crippen molar-refractivity contribution in [2.45, 2.75) is 26.1 Å². The smallest absolute Gasteiger partial charge is 0.129 e. The molecule has 0 fully saturated rings. The maximum atomic E-state index is 5.65. The lowest BCUT2D eigenvalue weighted by molar-refractivity contribution is 0.414. The molecule has 0 aromatic heterocycles. The molecule has 1 aromatic rings. The van der Waals surface area contributed by atoms with Gasteiger partial charge in [-0.05, 0) is 23.3 Å². The highest BCUT2D eigenvalue weighted by Gasteiger charge is 2.11. The van der Waals surface area contributed by atoms with Gasteiger partial charge in [0.15, 0.2) is 0 Å². The van der Waals surface area contributed by atoms with Gasteiger partial charge < -0.3 is 9.64 Å². The molecular formula is C20H27NOSSi. The molecule has 0 spiro atoms. The highest BCUT2D eigenvalue weighted by molar-refractivity contribution is 7.80. The van der Waals surface area contributed by atoms with Crippen LogP contribution in [0.1, 0.15) is 5.56 Å². The fourth-order valence-corrected chi connectivity index (χ4v) is 2.87. The molecular weight excluding hydrogens is 330 g/mol. The number of nitrogens with zero attached hydrogens (tertiary/aromatic N) is 1. The van der Waals surface area contributed by atoms with Gasteiger partial charge in [0.1, 0.15) is 18.8 Å². The predicted molar refractivity (Wildman–Crippen MR) is 111 cm³/mol. The number of likely N-dealkylation sites (N-methyl/N-ethyl adjacent to an activating group) is 1. The quantitative estimate of drug-likeness (QED) is 0.245. The summed E-state index contributed by atoms with van der Waals surface area (Å²) in [5.74, 6) is 4.12. The average molecular weight is 358 g/mol. The van der Waals surface area contributed by atoms with Gasteiger partial charge in [-0.25, -0.2) is 0 Å². The minimum Gasteiger partial charge on any atom is -0.497 e. The molecule has 24 heavy (non-hydrogen) atoms. The van der Waals surface area contributed by atoms with E-state index in [-0.39, 0.29) is 0 Å². The number of benzene rings is 1. The number of ether oxygens (including phenoxy) is 1. The molecule has 0 N–H and O–H groups in total. The Balaban J connectivity index is 2.82. The van der Waals surface area contributed by atoms with Crippen molar-refractivity contribution >= 4 is 25.3 Å². The Labute approximate surface area is 153 Å². The predicted octanol–water partition coefficient (Wildman–Crippen LogP) is 4.49. The fourth-order valence-electron chi connectivity index (χ4n) is 2.05. The van der Waals surface area contributed by atoms with Gasteiger partial charge in [0.25, 0.3) is 0 Å². The van der Waals surface area contributed by atoms with Crippen LogP contribution >= 0.6 is 12.2 Å². The molecule has 0 aliphatic heterocycles. The van der Waals surface area contributed by atoms with E-state index in [9.17, 15) is 0 Å². The van der Waals surface area contributed by atoms with Crippen molar-refractivity contribution in [1.29, 1.82) is 0 Å². The van der Waals surface area contributed by atoms with Crippen molar-refractivity contribution in [2.24, 2.45) is 0 Å². The van der Waals surface area contributed by atoms with Crippen LogP contribution in [0.4, 0.5) is 0 Å². The minimum atomic E-state index is -1.34. The van der Waals surface area contributed by atoms with Gasteiger partial charge in [0.05, 0.1) is 13.7 Å². The third-order valence-electron chi connectivity index (χ3n) is 3.27. The van der Waals surface area contributed by atoms with E-state index < -0.39 is 8.07 Å². The maximum absolute atomic E-state index is 5.65. The molecule has 1 rings (SSSR count). The number of methoxy groups -OCH3 is 1. The summed E-state index contributed by atoms with van der Waals surface area (Å²) in [6, 6.07) is 8.05. The molecule has 0 amide bonds. The lowest BCUT2D eigenvalue weighted by atomic mass is 10.0. The monoisotopic (exact) mass is 357 g/mol. The van der Waals surface area contributed by atoms with Crippen molar-refractivity contribution in [3.8, 4) is 17.2 Å². The van der Waals surface area contributed by atoms with Gasteiger partial charge in [-0.1, -0.05) is 68.6 Å². The first-order chi connectivity index (χ1) is 11.3. The molecule has 1 aromatic carbocycles. The lowest BCUT2D eigenvalue weighted by Gasteiger charge is -2.20. The fraction of sp³-hybridized carbons (Fsp3) is 0.350. The molecule has 0 bridgehead atoms. The molecule has 0 aliphatic carbocycles. The van der Waals surface area contributed by atoms with Crippen molar-refractivity contribution < 1.29 is 4.74 Å². The highest BCUT2D eigenvalue weighted by Crippen LogP contribution is 2.16. The maximum Gasteiger partial charge on any atom is 0.129 e. The highest BCUT2D eigenvalue weighted by atomic mass is 32.1. The van der Waals surface area contributed by atoms with Gasteiger partial charge in [-0.2, -0.15) is 0 Å². The van der Waals surface area contributed by atoms with Crippen LogP contribution in [-0.2, 0) is 6.42 Å². The molecule has 0 unspecified atom stereocenters. The van der Waals surface area contributed by atoms with Crippen LogP contribution in [-0.4, -0.2) is 38.7 Å². The summed E-state index contributed by atoms with van der Waals surface area (Å²) in [5, 5.41) is 0. The molecule has 0 atom stereocenters. The van der Waals surface area contributed by atoms with Crippen LogP contribution in [0.25, 0.3) is 0 Å². The van der Waals surface area contributed by atoms with E-state index in [0.29, 0.717) is 6.54 Å². The zero-order valence-corrected chi connectivity index (χ0v) is 17.2. The molecule has 2 nitrogen and oxygen atoms in total. The summed E-state index contributed by atoms with van der Waals surface area (Å²) in [6.45, 7) is 11.2. The first kappa shape index (κ1) is 20.2. The van der Waals surface area contributed by atoms with E-state index in [0.717, 1.165) is 22.7 Å². The summed E-state index contributed by atoms with van der Waals surface area (Å²) in [5.41, 5.74) is 5.63. The van der Waals surface area contributed by atoms with Crippen LogP contribution in [0.15, 0.2) is 48.6 Å². The van der Waals surface area contributed by atoms with Crippen LogP contribution in [0, 0.1) is 11.5 Å². The summed E-state index contributed by atoms with van der Waals surface area (Å²) in [4.78, 5) is 2.84. The summed E-state index contributed by atoms with van der Waals surface area (Å²) >= 11 is 5.65. The Kier molecular flexibility index (Phi) is 7.97. The zero-order chi connectivity index (χ0) is 18.2. The van der Waals surface area contributed by atoms with E-state index in [2.05, 4.69) is 49.8 Å². The molecule has 4 heteroatoms. The number of allylic oxidation sites excluding steroid dienone is 2. The molecule has 0 saturated carbocycles. The SMILES string of the molecule is C=C/C=C(\Cc1ccc(OC)cc1)C(=S)N(C)CC#C[Si](C)(C)C. The molecule has 128 valence electrons. The first-order valence-corrected chi connectivity index (χ1v) is 11.9. The first-order valence-electron chi connectivity index (χ1n) is 7.97. The normalized spacial score (nSPS) is 11.3. The molecule has 0 radical (unpaired) electrons. The third kappa shape index (κ3) is 7.16. The van der Waals surface area contributed by atoms with E-state index in [4.69, 9.17) is 17.0 Å². The second kappa shape index (κ2) is 9.46. The topological polar surface area (TPSA) is 12.5 Å². The van der Waals surface area contributed by atoms with Crippen LogP contribution in [0.3, 0.4) is 0 Å². The van der Waals surface area contributed by atoms with Crippen molar-refractivity contribution in [3.05, 3.63) is 54.1 Å². The third-order valence-corrected chi connectivity index (χ3v) is 4.77. The van der Waals surface area contributed by atoms with Crippen LogP contribution < -0.4 is 4.74 Å². The van der Waals surface area contributed by atoms with Gasteiger partial charge in [0.2, 0.25) is 0 Å². The van der Waals surface area contributed by atoms with Crippen molar-refractivity contribution in [1.82, 2.24) is 4.90 Å². The van der Waals surface area contributed by atoms with Crippen LogP contribution in [0.2, 0.25) is 19.6 Å². The molecule has 0 saturated heterocycles. The minimum absolute atomic E-state index is 0.653. The summed E-state index contributed by atoms with van der Waals surface area (Å²) in [6.07, 6.45) is 4.53. The van der Waals surface area contributed by atoms with E-state index in [1.165, 1.54) is 5.56 Å². The molecule has 0 heterocycles. The van der Waals surface area contributed by atoms with Crippen LogP contribution in [0.5, 0.6) is 5.75 Å². The van der Waals surface area contributed by atoms with Crippen molar-refractivity contribution in [2.75, 3.05) is 20.7 Å². The summed E-state index contributed by atoms with van der Waals surface area (Å²) < 4.78 is 5.20. The van der Waals surface area contributed by atoms with E-state index in [1.807, 2.05) is 30.2 Å². The largest absolute Gasteiger partial charge is 0.497 e. The second-order valence-corrected chi connectivity index (χ2v) is 11.8. The Morgan fingerprint density at radius 2 is 1.92 bits per heavy atom. The Morgan fingerprint density at radius 1 is 1.29 bits per heavy atom. The van der Waals surface area contributed by atoms with Gasteiger partial charge >= 0.3 is 0 Å². The number of hydrogen-bond acceptors (Lipinski definition) is 2. The van der Waals surface area contributed by atoms with Gasteiger partial charge in [-0.3, -0.25) is 0 Å². The van der Waals surface area contributed by atoms with Crippen molar-refractivity contribution in [3.63, 3.8) is 0 Å².